The van der Waals surface area contributed by atoms with Gasteiger partial charge in [-0.25, -0.2) is 0 Å². The molecule has 26 heteroatoms. The van der Waals surface area contributed by atoms with Crippen molar-refractivity contribution in [3.8, 4) is 0 Å². The van der Waals surface area contributed by atoms with Crippen molar-refractivity contribution in [2.24, 2.45) is 0 Å². The molecule has 26 nitrogen and oxygen atoms in total. The molecular weight excluding hydrogens is 872 g/mol. The number of hydrogen-bond acceptors (Lipinski definition) is 26. The number of aliphatic hydroxyl groups is 1. The van der Waals surface area contributed by atoms with Crippen LogP contribution < -0.4 is 0 Å². The second kappa shape index (κ2) is 23.4. The summed E-state index contributed by atoms with van der Waals surface area (Å²) >= 11 is 0. The van der Waals surface area contributed by atoms with Gasteiger partial charge in [0.15, 0.2) is 55.1 Å². The molecule has 3 rings (SSSR count). The second-order valence-electron chi connectivity index (χ2n) is 14.3. The van der Waals surface area contributed by atoms with Crippen molar-refractivity contribution in [3.63, 3.8) is 0 Å². The molecule has 0 aromatic rings. The highest BCUT2D eigenvalue weighted by atomic mass is 16.8. The molecule has 0 bridgehead atoms. The van der Waals surface area contributed by atoms with Crippen LogP contribution in [0.15, 0.2) is 0 Å². The zero-order valence-corrected chi connectivity index (χ0v) is 36.5. The summed E-state index contributed by atoms with van der Waals surface area (Å²) in [6.45, 7) is 6.15. The maximum Gasteiger partial charge on any atom is 0.303 e. The first kappa shape index (κ1) is 52.8. The lowest BCUT2D eigenvalue weighted by Crippen LogP contribution is -2.67. The molecule has 3 saturated heterocycles. The van der Waals surface area contributed by atoms with Crippen LogP contribution in [0.5, 0.6) is 0 Å². The Bertz CT molecular complexity index is 1750. The lowest BCUT2D eigenvalue weighted by Gasteiger charge is -2.48. The zero-order chi connectivity index (χ0) is 48.2. The molecule has 64 heavy (non-hydrogen) atoms. The molecule has 0 saturated carbocycles. The zero-order valence-electron chi connectivity index (χ0n) is 36.5. The second-order valence-corrected chi connectivity index (χ2v) is 14.3. The van der Waals surface area contributed by atoms with Crippen LogP contribution >= 0.6 is 0 Å². The summed E-state index contributed by atoms with van der Waals surface area (Å²) in [6, 6.07) is 0. The van der Waals surface area contributed by atoms with Crippen LogP contribution in [-0.4, -0.2) is 177 Å². The molecule has 0 spiro atoms. The highest BCUT2D eigenvalue weighted by Gasteiger charge is 2.66. The van der Waals surface area contributed by atoms with E-state index in [1.54, 1.807) is 0 Å². The molecular formula is C38H52O26. The van der Waals surface area contributed by atoms with Gasteiger partial charge in [-0.1, -0.05) is 0 Å². The van der Waals surface area contributed by atoms with Gasteiger partial charge >= 0.3 is 59.7 Å². The largest absolute Gasteiger partial charge is 0.463 e. The molecule has 0 aromatic heterocycles. The van der Waals surface area contributed by atoms with Gasteiger partial charge in [0.1, 0.15) is 38.1 Å². The number of carbonyl (C=O) groups is 10. The van der Waals surface area contributed by atoms with Gasteiger partial charge in [-0.15, -0.1) is 0 Å². The van der Waals surface area contributed by atoms with Gasteiger partial charge in [0.25, 0.3) is 0 Å². The number of ether oxygens (including phenoxy) is 15. The van der Waals surface area contributed by atoms with Gasteiger partial charge in [0.2, 0.25) is 12.1 Å². The van der Waals surface area contributed by atoms with Crippen molar-refractivity contribution in [1.82, 2.24) is 0 Å². The molecule has 0 radical (unpaired) electrons. The maximum absolute atomic E-state index is 12.8. The third-order valence-corrected chi connectivity index (χ3v) is 8.90. The van der Waals surface area contributed by atoms with Gasteiger partial charge in [-0.3, -0.25) is 47.9 Å². The Kier molecular flexibility index (Phi) is 19.3. The third kappa shape index (κ3) is 14.8. The van der Waals surface area contributed by atoms with Gasteiger partial charge < -0.3 is 76.2 Å². The fourth-order valence-electron chi connectivity index (χ4n) is 6.86. The SMILES string of the molecule is CC(=O)OC[C@H]1O[C@@](COC(C)=O)(O[C@H]2O[C@H](CO)[C@@H](OC(C)=O)[C@H](OC(C)=O)[C@H]2OC(C)=O)[C@@H](O[C@H]2O[C@H](COC(C)=O)[C@@H](OC(C)=O)[C@H](OC(C)=O)[C@H]2OC(C)=O)[C@@H]1OC(C)=O. The molecule has 3 aliphatic rings. The summed E-state index contributed by atoms with van der Waals surface area (Å²) in [6.07, 6.45) is -23.9. The van der Waals surface area contributed by atoms with E-state index in [1.165, 1.54) is 0 Å². The van der Waals surface area contributed by atoms with Crippen LogP contribution in [-0.2, 0) is 119 Å². The predicted octanol–water partition coefficient (Wildman–Crippen LogP) is -1.86. The Hall–Kier alpha value is -5.54. The van der Waals surface area contributed by atoms with Crippen molar-refractivity contribution in [1.29, 1.82) is 0 Å². The van der Waals surface area contributed by atoms with Crippen LogP contribution in [0.4, 0.5) is 0 Å². The van der Waals surface area contributed by atoms with E-state index in [1.807, 2.05) is 0 Å². The van der Waals surface area contributed by atoms with E-state index in [0.717, 1.165) is 69.2 Å². The van der Waals surface area contributed by atoms with Crippen molar-refractivity contribution >= 4 is 59.7 Å². The summed E-state index contributed by atoms with van der Waals surface area (Å²) in [4.78, 5) is 124. The average Bonchev–Trinajstić information content (AvgIpc) is 3.42. The van der Waals surface area contributed by atoms with Crippen molar-refractivity contribution in [3.05, 3.63) is 0 Å². The summed E-state index contributed by atoms with van der Waals surface area (Å²) < 4.78 is 85.3. The predicted molar refractivity (Wildman–Crippen MR) is 197 cm³/mol. The van der Waals surface area contributed by atoms with Gasteiger partial charge in [-0.05, 0) is 0 Å². The van der Waals surface area contributed by atoms with Crippen molar-refractivity contribution in [2.45, 2.75) is 155 Å². The number of carbonyl (C=O) groups excluding carboxylic acids is 10. The Morgan fingerprint density at radius 1 is 0.422 bits per heavy atom. The molecule has 3 fully saturated rings. The Morgan fingerprint density at radius 2 is 0.781 bits per heavy atom. The van der Waals surface area contributed by atoms with E-state index in [0.29, 0.717) is 0 Å². The quantitative estimate of drug-likeness (QED) is 0.116. The number of esters is 10. The molecule has 0 aliphatic carbocycles. The molecule has 3 aliphatic heterocycles. The lowest BCUT2D eigenvalue weighted by atomic mass is 9.97. The van der Waals surface area contributed by atoms with Crippen LogP contribution in [0.25, 0.3) is 0 Å². The van der Waals surface area contributed by atoms with Gasteiger partial charge in [-0.2, -0.15) is 0 Å². The smallest absolute Gasteiger partial charge is 0.303 e. The van der Waals surface area contributed by atoms with Crippen LogP contribution in [0.3, 0.4) is 0 Å². The highest BCUT2D eigenvalue weighted by Crippen LogP contribution is 2.43. The van der Waals surface area contributed by atoms with Crippen LogP contribution in [0.2, 0.25) is 0 Å². The molecule has 0 unspecified atom stereocenters. The monoisotopic (exact) mass is 924 g/mol. The average molecular weight is 925 g/mol. The molecule has 0 aromatic carbocycles. The molecule has 14 atom stereocenters. The van der Waals surface area contributed by atoms with E-state index >= 15 is 0 Å². The Labute approximate surface area is 364 Å². The first-order valence-corrected chi connectivity index (χ1v) is 19.4. The maximum atomic E-state index is 12.8. The van der Waals surface area contributed by atoms with Crippen molar-refractivity contribution in [2.75, 3.05) is 26.4 Å². The summed E-state index contributed by atoms with van der Waals surface area (Å²) in [5, 5.41) is 10.4. The van der Waals surface area contributed by atoms with Crippen LogP contribution in [0, 0.1) is 0 Å². The highest BCUT2D eigenvalue weighted by molar-refractivity contribution is 5.70. The van der Waals surface area contributed by atoms with E-state index in [-0.39, 0.29) is 0 Å². The Morgan fingerprint density at radius 3 is 1.20 bits per heavy atom. The standard InChI is InChI=1S/C38H52O26/c1-15(40)50-12-26-29(54-19(5)44)32(57-22(8)47)33(58-23(9)48)36(61-26)62-35-30(55-20(6)45)27(13-51-16(2)41)63-38(35,14-52-17(3)42)64-37-34(59-24(10)49)31(56-21(7)46)28(53-18(4)43)25(11-39)60-37/h25-37,39H,11-14H2,1-10H3/t25-,26-,27-,28-,29-,30-,31+,32+,33-,34-,35+,36-,37-,38+/m1/s1. The number of aliphatic hydroxyl groups excluding tert-OH is 1. The molecule has 0 amide bonds. The third-order valence-electron chi connectivity index (χ3n) is 8.90. The topological polar surface area (TPSA) is 329 Å². The number of hydrogen-bond donors (Lipinski definition) is 1. The number of rotatable bonds is 18. The summed E-state index contributed by atoms with van der Waals surface area (Å²) in [5.74, 6) is -12.6. The van der Waals surface area contributed by atoms with Gasteiger partial charge in [0, 0.05) is 69.2 Å². The lowest BCUT2D eigenvalue weighted by molar-refractivity contribution is -0.400. The van der Waals surface area contributed by atoms with E-state index in [9.17, 15) is 53.1 Å². The molecule has 3 heterocycles. The van der Waals surface area contributed by atoms with E-state index < -0.39 is 172 Å². The molecule has 360 valence electrons. The summed E-state index contributed by atoms with van der Waals surface area (Å²) in [7, 11) is 0. The van der Waals surface area contributed by atoms with Crippen molar-refractivity contribution < 1.29 is 124 Å². The summed E-state index contributed by atoms with van der Waals surface area (Å²) in [5.41, 5.74) is 0. The molecule has 1 N–H and O–H groups in total. The fraction of sp³-hybridized carbons (Fsp3) is 0.737. The van der Waals surface area contributed by atoms with E-state index in [2.05, 4.69) is 0 Å². The van der Waals surface area contributed by atoms with E-state index in [4.69, 9.17) is 71.1 Å². The van der Waals surface area contributed by atoms with Gasteiger partial charge in [0.05, 0.1) is 6.61 Å². The first-order chi connectivity index (χ1) is 29.9. The first-order valence-electron chi connectivity index (χ1n) is 19.4. The fourth-order valence-corrected chi connectivity index (χ4v) is 6.86. The van der Waals surface area contributed by atoms with Crippen LogP contribution in [0.1, 0.15) is 69.2 Å². The minimum Gasteiger partial charge on any atom is -0.463 e. The minimum atomic E-state index is -2.78. The minimum absolute atomic E-state index is 0.722. The normalized spacial score (nSPS) is 32.1. The Balaban J connectivity index is 2.40.